The Labute approximate surface area is 213 Å². The van der Waals surface area contributed by atoms with Gasteiger partial charge in [0.15, 0.2) is 0 Å². The summed E-state index contributed by atoms with van der Waals surface area (Å²) < 4.78 is 20.4. The molecule has 36 heavy (non-hydrogen) atoms. The summed E-state index contributed by atoms with van der Waals surface area (Å²) in [5, 5.41) is 13.5. The number of benzene rings is 1. The summed E-state index contributed by atoms with van der Waals surface area (Å²) in [5.41, 5.74) is 4.07. The molecule has 0 unspecified atom stereocenters. The van der Waals surface area contributed by atoms with E-state index in [-0.39, 0.29) is 11.9 Å². The van der Waals surface area contributed by atoms with Crippen LogP contribution in [-0.4, -0.2) is 53.3 Å². The number of pyridine rings is 1. The summed E-state index contributed by atoms with van der Waals surface area (Å²) in [6.07, 6.45) is 10.4. The van der Waals surface area contributed by atoms with Gasteiger partial charge in [-0.2, -0.15) is 0 Å². The summed E-state index contributed by atoms with van der Waals surface area (Å²) in [7, 11) is 0. The van der Waals surface area contributed by atoms with Gasteiger partial charge >= 0.3 is 5.97 Å². The number of nitrogens with zero attached hydrogens (tertiary/aromatic N) is 2. The van der Waals surface area contributed by atoms with Crippen LogP contribution in [0, 0.1) is 5.82 Å². The van der Waals surface area contributed by atoms with Crippen molar-refractivity contribution in [3.63, 3.8) is 0 Å². The van der Waals surface area contributed by atoms with Gasteiger partial charge < -0.3 is 15.2 Å². The number of carboxylic acid groups (broad SMARTS) is 1. The van der Waals surface area contributed by atoms with E-state index in [0.717, 1.165) is 81.4 Å². The molecule has 194 valence electrons. The van der Waals surface area contributed by atoms with E-state index in [0.29, 0.717) is 31.2 Å². The topological polar surface area (TPSA) is 74.7 Å². The summed E-state index contributed by atoms with van der Waals surface area (Å²) in [5.74, 6) is 0.0997. The Bertz CT molecular complexity index is 1060. The lowest BCUT2D eigenvalue weighted by molar-refractivity contribution is -0.143. The predicted octanol–water partition coefficient (Wildman–Crippen LogP) is 5.48. The number of hydrogen-bond acceptors (Lipinski definition) is 5. The maximum atomic E-state index is 14.2. The molecule has 1 saturated carbocycles. The van der Waals surface area contributed by atoms with Crippen molar-refractivity contribution in [3.8, 4) is 0 Å². The number of fused-ring (bicyclic) bond motifs is 1. The molecule has 1 aliphatic carbocycles. The number of hydrogen-bond donors (Lipinski definition) is 2. The molecular weight excluding hydrogens is 457 g/mol. The SMILES string of the molecule is O=C(O)[C@H](c1cc(F)ccc1C1CCCC1)N1CC[C@@H](OCCCCc2ccc3c(n2)NCCC3)C1. The molecule has 7 heteroatoms. The number of carbonyl (C=O) groups is 1. The minimum atomic E-state index is -0.910. The van der Waals surface area contributed by atoms with E-state index in [9.17, 15) is 14.3 Å². The lowest BCUT2D eigenvalue weighted by atomic mass is 9.89. The molecule has 2 fully saturated rings. The monoisotopic (exact) mass is 495 g/mol. The van der Waals surface area contributed by atoms with Crippen molar-refractivity contribution in [2.45, 2.75) is 82.3 Å². The number of ether oxygens (including phenoxy) is 1. The Morgan fingerprint density at radius 2 is 2.03 bits per heavy atom. The number of carboxylic acids is 1. The van der Waals surface area contributed by atoms with E-state index in [2.05, 4.69) is 17.4 Å². The van der Waals surface area contributed by atoms with Gasteiger partial charge in [-0.15, -0.1) is 0 Å². The summed E-state index contributed by atoms with van der Waals surface area (Å²) in [4.78, 5) is 19.1. The van der Waals surface area contributed by atoms with Crippen molar-refractivity contribution in [3.05, 3.63) is 58.5 Å². The zero-order valence-corrected chi connectivity index (χ0v) is 21.1. The first-order chi connectivity index (χ1) is 17.6. The van der Waals surface area contributed by atoms with E-state index in [1.807, 2.05) is 11.0 Å². The number of aliphatic carboxylic acids is 1. The highest BCUT2D eigenvalue weighted by molar-refractivity contribution is 5.76. The summed E-state index contributed by atoms with van der Waals surface area (Å²) in [6.45, 7) is 2.87. The van der Waals surface area contributed by atoms with Gasteiger partial charge in [-0.25, -0.2) is 9.37 Å². The van der Waals surface area contributed by atoms with E-state index in [1.54, 1.807) is 0 Å². The first-order valence-corrected chi connectivity index (χ1v) is 13.7. The van der Waals surface area contributed by atoms with Crippen LogP contribution in [0.1, 0.15) is 85.7 Å². The minimum absolute atomic E-state index is 0.0152. The van der Waals surface area contributed by atoms with Gasteiger partial charge in [-0.1, -0.05) is 25.0 Å². The van der Waals surface area contributed by atoms with Crippen molar-refractivity contribution >= 4 is 11.8 Å². The van der Waals surface area contributed by atoms with Gasteiger partial charge in [0, 0.05) is 31.9 Å². The molecule has 6 nitrogen and oxygen atoms in total. The van der Waals surface area contributed by atoms with Gasteiger partial charge in [0.25, 0.3) is 0 Å². The van der Waals surface area contributed by atoms with Crippen molar-refractivity contribution in [2.24, 2.45) is 0 Å². The van der Waals surface area contributed by atoms with Crippen molar-refractivity contribution in [2.75, 3.05) is 31.6 Å². The summed E-state index contributed by atoms with van der Waals surface area (Å²) in [6, 6.07) is 8.25. The largest absolute Gasteiger partial charge is 0.480 e. The zero-order valence-electron chi connectivity index (χ0n) is 21.1. The Morgan fingerprint density at radius 3 is 2.86 bits per heavy atom. The van der Waals surface area contributed by atoms with Crippen LogP contribution in [0.4, 0.5) is 10.2 Å². The molecule has 2 atom stereocenters. The average molecular weight is 496 g/mol. The van der Waals surface area contributed by atoms with Crippen LogP contribution in [0.25, 0.3) is 0 Å². The molecule has 2 N–H and O–H groups in total. The third-order valence-corrected chi connectivity index (χ3v) is 8.05. The second-order valence-electron chi connectivity index (χ2n) is 10.6. The first kappa shape index (κ1) is 25.2. The molecule has 2 aromatic rings. The fourth-order valence-corrected chi connectivity index (χ4v) is 6.17. The molecule has 0 spiro atoms. The molecule has 2 aliphatic heterocycles. The number of unbranched alkanes of at least 4 members (excludes halogenated alkanes) is 1. The van der Waals surface area contributed by atoms with Crippen LogP contribution in [0.3, 0.4) is 0 Å². The summed E-state index contributed by atoms with van der Waals surface area (Å²) >= 11 is 0. The molecule has 0 bridgehead atoms. The Kier molecular flexibility index (Phi) is 8.17. The number of aryl methyl sites for hydroxylation is 2. The van der Waals surface area contributed by atoms with Crippen LogP contribution in [0.15, 0.2) is 30.3 Å². The molecule has 5 rings (SSSR count). The van der Waals surface area contributed by atoms with Crippen LogP contribution in [0.2, 0.25) is 0 Å². The van der Waals surface area contributed by atoms with Gasteiger partial charge in [-0.05, 0) is 92.2 Å². The maximum absolute atomic E-state index is 14.2. The molecule has 0 radical (unpaired) electrons. The first-order valence-electron chi connectivity index (χ1n) is 13.7. The second-order valence-corrected chi connectivity index (χ2v) is 10.6. The Morgan fingerprint density at radius 1 is 1.17 bits per heavy atom. The maximum Gasteiger partial charge on any atom is 0.325 e. The minimum Gasteiger partial charge on any atom is -0.480 e. The number of nitrogens with one attached hydrogen (secondary N) is 1. The van der Waals surface area contributed by atoms with Gasteiger partial charge in [0.05, 0.1) is 6.10 Å². The van der Waals surface area contributed by atoms with Crippen LogP contribution >= 0.6 is 0 Å². The number of rotatable bonds is 10. The van der Waals surface area contributed by atoms with Crippen molar-refractivity contribution < 1.29 is 19.0 Å². The number of likely N-dealkylation sites (tertiary alicyclic amines) is 1. The standard InChI is InChI=1S/C29H38FN3O3/c30-22-11-13-25(20-6-1-2-7-20)26(18-22)27(29(34)35)33-16-14-24(19-33)36-17-4-3-9-23-12-10-21-8-5-15-31-28(21)32-23/h10-13,18,20,24,27H,1-9,14-17,19H2,(H,31,32)(H,34,35)/t24-,27+/m1/s1. The third-order valence-electron chi connectivity index (χ3n) is 8.05. The van der Waals surface area contributed by atoms with Crippen molar-refractivity contribution in [1.29, 1.82) is 0 Å². The molecule has 0 amide bonds. The number of anilines is 1. The zero-order chi connectivity index (χ0) is 24.9. The van der Waals surface area contributed by atoms with Gasteiger partial charge in [0.2, 0.25) is 0 Å². The third kappa shape index (κ3) is 5.89. The van der Waals surface area contributed by atoms with E-state index in [1.165, 1.54) is 24.1 Å². The quantitative estimate of drug-likeness (QED) is 0.426. The lowest BCUT2D eigenvalue weighted by Gasteiger charge is -2.28. The normalized spacial score (nSPS) is 21.3. The average Bonchev–Trinajstić information content (AvgIpc) is 3.57. The Balaban J connectivity index is 1.12. The smallest absolute Gasteiger partial charge is 0.325 e. The molecule has 1 saturated heterocycles. The van der Waals surface area contributed by atoms with Crippen LogP contribution in [-0.2, 0) is 22.4 Å². The van der Waals surface area contributed by atoms with E-state index >= 15 is 0 Å². The highest BCUT2D eigenvalue weighted by Gasteiger charge is 2.36. The number of aromatic nitrogens is 1. The molecule has 1 aromatic heterocycles. The van der Waals surface area contributed by atoms with E-state index in [4.69, 9.17) is 9.72 Å². The van der Waals surface area contributed by atoms with E-state index < -0.39 is 12.0 Å². The fraction of sp³-hybridized carbons (Fsp3) is 0.586. The molecule has 3 aliphatic rings. The molecule has 1 aromatic carbocycles. The lowest BCUT2D eigenvalue weighted by Crippen LogP contribution is -2.34. The van der Waals surface area contributed by atoms with Crippen LogP contribution in [0.5, 0.6) is 0 Å². The predicted molar refractivity (Wildman–Crippen MR) is 138 cm³/mol. The fourth-order valence-electron chi connectivity index (χ4n) is 6.17. The van der Waals surface area contributed by atoms with Gasteiger partial charge in [0.1, 0.15) is 17.7 Å². The van der Waals surface area contributed by atoms with Gasteiger partial charge in [-0.3, -0.25) is 9.69 Å². The highest BCUT2D eigenvalue weighted by Crippen LogP contribution is 2.40. The van der Waals surface area contributed by atoms with Crippen molar-refractivity contribution in [1.82, 2.24) is 9.88 Å². The second kappa shape index (κ2) is 11.7. The molecular formula is C29H38FN3O3. The number of halogens is 1. The van der Waals surface area contributed by atoms with Crippen LogP contribution < -0.4 is 5.32 Å². The highest BCUT2D eigenvalue weighted by atomic mass is 19.1. The Hall–Kier alpha value is -2.51. The molecule has 3 heterocycles.